The molecule has 3 nitrogen and oxygen atoms in total. The van der Waals surface area contributed by atoms with Crippen molar-refractivity contribution in [1.82, 2.24) is 0 Å². The molecule has 0 spiro atoms. The topological polar surface area (TPSA) is 57.5 Å². The average Bonchev–Trinajstić information content (AvgIpc) is 2.01. The first-order chi connectivity index (χ1) is 6.73. The molecule has 0 aromatic carbocycles. The Labute approximate surface area is 91.8 Å². The van der Waals surface area contributed by atoms with Gasteiger partial charge in [-0.2, -0.15) is 0 Å². The van der Waals surface area contributed by atoms with E-state index in [1.807, 2.05) is 13.8 Å². The Morgan fingerprint density at radius 2 is 2.00 bits per heavy atom. The second kappa shape index (κ2) is 5.91. The molecule has 1 aliphatic rings. The Morgan fingerprint density at radius 3 is 2.27 bits per heavy atom. The molecule has 1 aliphatic carbocycles. The zero-order valence-corrected chi connectivity index (χ0v) is 10.1. The Bertz CT molecular complexity index is 232. The highest BCUT2D eigenvalue weighted by Gasteiger charge is 2.27. The number of rotatable bonds is 1. The number of carbonyl (C=O) groups is 1. The van der Waals surface area contributed by atoms with Gasteiger partial charge in [0, 0.05) is 6.92 Å². The zero-order chi connectivity index (χ0) is 12.1. The summed E-state index contributed by atoms with van der Waals surface area (Å²) >= 11 is 0. The minimum absolute atomic E-state index is 0.464. The van der Waals surface area contributed by atoms with Crippen LogP contribution < -0.4 is 0 Å². The standard InChI is InChI=1S/C10H18O.C2H4O2/c1-8-4-6-9(7-5-8)10(2,3)11;1-2(3)4/h4,9,11H,5-7H2,1-3H3;1H3,(H,3,4)/t9-;/m0./s1. The molecule has 0 unspecified atom stereocenters. The van der Waals surface area contributed by atoms with Crippen LogP contribution in [0.5, 0.6) is 0 Å². The molecule has 1 rings (SSSR count). The van der Waals surface area contributed by atoms with Crippen LogP contribution >= 0.6 is 0 Å². The van der Waals surface area contributed by atoms with Crippen molar-refractivity contribution < 1.29 is 15.0 Å². The SMILES string of the molecule is CC(=O)O.CC1=CC[C@H](C(C)(C)O)CC1. The molecule has 1 atom stereocenters. The monoisotopic (exact) mass is 214 g/mol. The van der Waals surface area contributed by atoms with Crippen molar-refractivity contribution in [2.24, 2.45) is 5.92 Å². The van der Waals surface area contributed by atoms with Crippen LogP contribution in [-0.2, 0) is 4.79 Å². The first-order valence-electron chi connectivity index (χ1n) is 5.31. The van der Waals surface area contributed by atoms with Crippen LogP contribution in [0.25, 0.3) is 0 Å². The Morgan fingerprint density at radius 1 is 1.53 bits per heavy atom. The van der Waals surface area contributed by atoms with Gasteiger partial charge in [0.05, 0.1) is 5.60 Å². The molecule has 88 valence electrons. The van der Waals surface area contributed by atoms with E-state index in [0.29, 0.717) is 5.92 Å². The molecule has 2 N–H and O–H groups in total. The van der Waals surface area contributed by atoms with Crippen LogP contribution in [0.4, 0.5) is 0 Å². The van der Waals surface area contributed by atoms with Crippen LogP contribution in [0.2, 0.25) is 0 Å². The molecule has 0 bridgehead atoms. The van der Waals surface area contributed by atoms with Gasteiger partial charge in [0.1, 0.15) is 0 Å². The lowest BCUT2D eigenvalue weighted by Crippen LogP contribution is -2.31. The van der Waals surface area contributed by atoms with Crippen molar-refractivity contribution in [2.75, 3.05) is 0 Å². The molecule has 0 saturated carbocycles. The molecule has 0 aliphatic heterocycles. The van der Waals surface area contributed by atoms with Crippen molar-refractivity contribution in [3.63, 3.8) is 0 Å². The van der Waals surface area contributed by atoms with Gasteiger partial charge in [0.15, 0.2) is 0 Å². The summed E-state index contributed by atoms with van der Waals surface area (Å²) in [5.41, 5.74) is 0.988. The zero-order valence-electron chi connectivity index (χ0n) is 10.1. The summed E-state index contributed by atoms with van der Waals surface area (Å²) in [6, 6.07) is 0. The molecule has 15 heavy (non-hydrogen) atoms. The number of aliphatic hydroxyl groups is 1. The Balaban J connectivity index is 0.000000423. The summed E-state index contributed by atoms with van der Waals surface area (Å²) in [7, 11) is 0. The van der Waals surface area contributed by atoms with Crippen LogP contribution in [0, 0.1) is 5.92 Å². The lowest BCUT2D eigenvalue weighted by Gasteiger charge is -2.31. The Hall–Kier alpha value is -0.830. The molecule has 0 aromatic heterocycles. The predicted molar refractivity (Wildman–Crippen MR) is 60.7 cm³/mol. The molecule has 0 fully saturated rings. The molecular formula is C12H22O3. The van der Waals surface area contributed by atoms with Gasteiger partial charge in [-0.25, -0.2) is 0 Å². The van der Waals surface area contributed by atoms with E-state index in [1.165, 1.54) is 5.57 Å². The summed E-state index contributed by atoms with van der Waals surface area (Å²) in [4.78, 5) is 9.00. The van der Waals surface area contributed by atoms with E-state index in [9.17, 15) is 5.11 Å². The third kappa shape index (κ3) is 7.14. The first-order valence-corrected chi connectivity index (χ1v) is 5.31. The Kier molecular flexibility index (Phi) is 5.58. The van der Waals surface area contributed by atoms with E-state index < -0.39 is 11.6 Å². The average molecular weight is 214 g/mol. The van der Waals surface area contributed by atoms with Crippen LogP contribution in [0.1, 0.15) is 47.0 Å². The van der Waals surface area contributed by atoms with E-state index >= 15 is 0 Å². The number of hydrogen-bond donors (Lipinski definition) is 2. The van der Waals surface area contributed by atoms with E-state index in [-0.39, 0.29) is 0 Å². The highest BCUT2D eigenvalue weighted by atomic mass is 16.4. The summed E-state index contributed by atoms with van der Waals surface area (Å²) in [6.45, 7) is 7.07. The molecule has 0 amide bonds. The van der Waals surface area contributed by atoms with E-state index in [2.05, 4.69) is 13.0 Å². The number of carboxylic acids is 1. The minimum atomic E-state index is -0.833. The van der Waals surface area contributed by atoms with Gasteiger partial charge >= 0.3 is 0 Å². The van der Waals surface area contributed by atoms with Gasteiger partial charge in [-0.1, -0.05) is 11.6 Å². The fourth-order valence-electron chi connectivity index (χ4n) is 1.61. The molecular weight excluding hydrogens is 192 g/mol. The third-order valence-electron chi connectivity index (χ3n) is 2.64. The smallest absolute Gasteiger partial charge is 0.300 e. The molecule has 0 heterocycles. The highest BCUT2D eigenvalue weighted by molar-refractivity contribution is 5.62. The summed E-state index contributed by atoms with van der Waals surface area (Å²) in [5.74, 6) is -0.369. The second-order valence-electron chi connectivity index (χ2n) is 4.69. The third-order valence-corrected chi connectivity index (χ3v) is 2.64. The lowest BCUT2D eigenvalue weighted by molar-refractivity contribution is -0.134. The molecule has 0 aromatic rings. The van der Waals surface area contributed by atoms with Gasteiger partial charge in [-0.3, -0.25) is 4.79 Å². The largest absolute Gasteiger partial charge is 0.481 e. The predicted octanol–water partition coefficient (Wildman–Crippen LogP) is 2.59. The van der Waals surface area contributed by atoms with Crippen molar-refractivity contribution in [1.29, 1.82) is 0 Å². The highest BCUT2D eigenvalue weighted by Crippen LogP contribution is 2.31. The van der Waals surface area contributed by atoms with Crippen molar-refractivity contribution in [3.8, 4) is 0 Å². The van der Waals surface area contributed by atoms with Crippen LogP contribution in [0.15, 0.2) is 11.6 Å². The van der Waals surface area contributed by atoms with Crippen molar-refractivity contribution in [2.45, 2.75) is 52.6 Å². The summed E-state index contributed by atoms with van der Waals surface area (Å²) < 4.78 is 0. The molecule has 0 saturated heterocycles. The minimum Gasteiger partial charge on any atom is -0.481 e. The number of hydrogen-bond acceptors (Lipinski definition) is 2. The molecule has 0 radical (unpaired) electrons. The van der Waals surface area contributed by atoms with Crippen molar-refractivity contribution >= 4 is 5.97 Å². The summed E-state index contributed by atoms with van der Waals surface area (Å²) in [5, 5.41) is 17.1. The first kappa shape index (κ1) is 14.2. The van der Waals surface area contributed by atoms with Gasteiger partial charge in [-0.15, -0.1) is 0 Å². The second-order valence-corrected chi connectivity index (χ2v) is 4.69. The maximum Gasteiger partial charge on any atom is 0.300 e. The van der Waals surface area contributed by atoms with E-state index in [1.54, 1.807) is 0 Å². The summed E-state index contributed by atoms with van der Waals surface area (Å²) in [6.07, 6.45) is 5.61. The van der Waals surface area contributed by atoms with Crippen molar-refractivity contribution in [3.05, 3.63) is 11.6 Å². The lowest BCUT2D eigenvalue weighted by atomic mass is 9.80. The maximum absolute atomic E-state index is 9.70. The van der Waals surface area contributed by atoms with Crippen LogP contribution in [0.3, 0.4) is 0 Å². The number of aliphatic carboxylic acids is 1. The fraction of sp³-hybridized carbons (Fsp3) is 0.750. The fourth-order valence-corrected chi connectivity index (χ4v) is 1.61. The quantitative estimate of drug-likeness (QED) is 0.660. The van der Waals surface area contributed by atoms with Crippen LogP contribution in [-0.4, -0.2) is 21.8 Å². The van der Waals surface area contributed by atoms with E-state index in [4.69, 9.17) is 9.90 Å². The number of allylic oxidation sites excluding steroid dienone is 2. The van der Waals surface area contributed by atoms with Gasteiger partial charge in [0.25, 0.3) is 5.97 Å². The number of carboxylic acid groups (broad SMARTS) is 1. The van der Waals surface area contributed by atoms with Gasteiger partial charge < -0.3 is 10.2 Å². The maximum atomic E-state index is 9.70. The van der Waals surface area contributed by atoms with Gasteiger partial charge in [-0.05, 0) is 46.0 Å². The normalized spacial score (nSPS) is 21.1. The van der Waals surface area contributed by atoms with E-state index in [0.717, 1.165) is 26.2 Å². The van der Waals surface area contributed by atoms with Gasteiger partial charge in [0.2, 0.25) is 0 Å². The molecule has 3 heteroatoms.